The average Bonchev–Trinajstić information content (AvgIpc) is 3.29. The molecule has 8 heteroatoms. The zero-order valence-electron chi connectivity index (χ0n) is 15.2. The molecule has 1 heterocycles. The number of carbonyl (C=O) groups is 2. The molecule has 1 aromatic carbocycles. The largest absolute Gasteiger partial charge is 0.478 e. The summed E-state index contributed by atoms with van der Waals surface area (Å²) in [5, 5.41) is 25.0. The van der Waals surface area contributed by atoms with E-state index in [4.69, 9.17) is 15.4 Å². The van der Waals surface area contributed by atoms with Gasteiger partial charge in [0.05, 0.1) is 22.8 Å². The van der Waals surface area contributed by atoms with Crippen molar-refractivity contribution in [3.63, 3.8) is 0 Å². The Bertz CT molecular complexity index is 766. The smallest absolute Gasteiger partial charge is 0.338 e. The normalized spacial score (nSPS) is 14.0. The summed E-state index contributed by atoms with van der Waals surface area (Å²) >= 11 is 0. The molecule has 4 N–H and O–H groups in total. The van der Waals surface area contributed by atoms with E-state index in [-0.39, 0.29) is 0 Å². The Balaban J connectivity index is 0.000000298. The highest BCUT2D eigenvalue weighted by Gasteiger charge is 2.21. The SMILES string of the molecule is CCNC(=O)NO.CCc1nn(C2CCCC2)c2cc(C(=O)O)ccc12. The second kappa shape index (κ2) is 9.19. The van der Waals surface area contributed by atoms with E-state index >= 15 is 0 Å². The molecule has 2 aromatic rings. The van der Waals surface area contributed by atoms with Gasteiger partial charge in [-0.05, 0) is 38.3 Å². The van der Waals surface area contributed by atoms with Crippen LogP contribution >= 0.6 is 0 Å². The summed E-state index contributed by atoms with van der Waals surface area (Å²) in [6.07, 6.45) is 5.66. The lowest BCUT2D eigenvalue weighted by atomic mass is 10.1. The first kappa shape index (κ1) is 19.7. The molecule has 26 heavy (non-hydrogen) atoms. The predicted molar refractivity (Wildman–Crippen MR) is 97.6 cm³/mol. The predicted octanol–water partition coefficient (Wildman–Crippen LogP) is 3.11. The maximum Gasteiger partial charge on any atom is 0.338 e. The number of carboxylic acid groups (broad SMARTS) is 1. The van der Waals surface area contributed by atoms with E-state index < -0.39 is 12.0 Å². The fourth-order valence-electron chi connectivity index (χ4n) is 3.22. The zero-order chi connectivity index (χ0) is 19.1. The molecule has 1 fully saturated rings. The van der Waals surface area contributed by atoms with Gasteiger partial charge in [0.1, 0.15) is 0 Å². The fourth-order valence-corrected chi connectivity index (χ4v) is 3.22. The summed E-state index contributed by atoms with van der Waals surface area (Å²) in [4.78, 5) is 21.1. The Kier molecular flexibility index (Phi) is 6.97. The van der Waals surface area contributed by atoms with Crippen LogP contribution < -0.4 is 10.8 Å². The molecule has 8 nitrogen and oxygen atoms in total. The second-order valence-electron chi connectivity index (χ2n) is 6.19. The number of nitrogens with zero attached hydrogens (tertiary/aromatic N) is 2. The minimum atomic E-state index is -0.876. The molecule has 3 rings (SSSR count). The Morgan fingerprint density at radius 2 is 1.96 bits per heavy atom. The van der Waals surface area contributed by atoms with Gasteiger partial charge in [-0.25, -0.2) is 15.1 Å². The summed E-state index contributed by atoms with van der Waals surface area (Å²) < 4.78 is 2.06. The van der Waals surface area contributed by atoms with Gasteiger partial charge in [0.25, 0.3) is 0 Å². The number of fused-ring (bicyclic) bond motifs is 1. The van der Waals surface area contributed by atoms with Crippen molar-refractivity contribution in [3.05, 3.63) is 29.5 Å². The number of hydroxylamine groups is 1. The number of aromatic carboxylic acids is 1. The Labute approximate surface area is 152 Å². The first-order valence-corrected chi connectivity index (χ1v) is 8.94. The third kappa shape index (κ3) is 4.51. The quantitative estimate of drug-likeness (QED) is 0.492. The zero-order valence-corrected chi connectivity index (χ0v) is 15.2. The molecule has 0 saturated heterocycles. The fraction of sp³-hybridized carbons (Fsp3) is 0.500. The molecule has 0 bridgehead atoms. The maximum atomic E-state index is 11.1. The summed E-state index contributed by atoms with van der Waals surface area (Å²) in [5.74, 6) is -0.876. The van der Waals surface area contributed by atoms with E-state index in [1.54, 1.807) is 19.1 Å². The average molecular weight is 362 g/mol. The Morgan fingerprint density at radius 1 is 1.27 bits per heavy atom. The third-order valence-corrected chi connectivity index (χ3v) is 4.48. The maximum absolute atomic E-state index is 11.1. The lowest BCUT2D eigenvalue weighted by Gasteiger charge is -2.11. The van der Waals surface area contributed by atoms with Gasteiger partial charge in [0.15, 0.2) is 0 Å². The number of nitrogens with one attached hydrogen (secondary N) is 2. The molecule has 1 aliphatic carbocycles. The van der Waals surface area contributed by atoms with Crippen molar-refractivity contribution >= 4 is 22.9 Å². The molecule has 0 radical (unpaired) electrons. The van der Waals surface area contributed by atoms with Gasteiger partial charge < -0.3 is 10.4 Å². The number of benzene rings is 1. The molecule has 1 aliphatic rings. The van der Waals surface area contributed by atoms with Gasteiger partial charge >= 0.3 is 12.0 Å². The number of amides is 2. The molecule has 0 unspecified atom stereocenters. The van der Waals surface area contributed by atoms with Crippen LogP contribution in [0.5, 0.6) is 0 Å². The summed E-state index contributed by atoms with van der Waals surface area (Å²) in [7, 11) is 0. The monoisotopic (exact) mass is 362 g/mol. The first-order valence-electron chi connectivity index (χ1n) is 8.94. The van der Waals surface area contributed by atoms with Crippen LogP contribution in [0.4, 0.5) is 4.79 Å². The molecule has 2 amide bonds. The highest BCUT2D eigenvalue weighted by atomic mass is 16.5. The van der Waals surface area contributed by atoms with Crippen molar-refractivity contribution in [2.75, 3.05) is 6.54 Å². The Morgan fingerprint density at radius 3 is 2.46 bits per heavy atom. The first-order chi connectivity index (χ1) is 12.5. The van der Waals surface area contributed by atoms with E-state index in [2.05, 4.69) is 16.9 Å². The summed E-state index contributed by atoms with van der Waals surface area (Å²) in [6.45, 7) is 4.37. The van der Waals surface area contributed by atoms with Crippen molar-refractivity contribution in [2.45, 2.75) is 52.0 Å². The van der Waals surface area contributed by atoms with Crippen LogP contribution in [-0.4, -0.2) is 38.6 Å². The molecule has 1 aromatic heterocycles. The van der Waals surface area contributed by atoms with E-state index in [0.29, 0.717) is 18.2 Å². The molecule has 0 spiro atoms. The highest BCUT2D eigenvalue weighted by Crippen LogP contribution is 2.33. The molecule has 142 valence electrons. The van der Waals surface area contributed by atoms with Gasteiger partial charge in [-0.1, -0.05) is 25.8 Å². The summed E-state index contributed by atoms with van der Waals surface area (Å²) in [5.41, 5.74) is 3.80. The molecule has 1 saturated carbocycles. The minimum Gasteiger partial charge on any atom is -0.478 e. The standard InChI is InChI=1S/C15H18N2O2.C3H8N2O2/c1-2-13-12-8-7-10(15(18)19)9-14(12)17(16-13)11-5-3-4-6-11;1-2-4-3(6)5-7/h7-9,11H,2-6H2,1H3,(H,18,19);7H,2H2,1H3,(H2,4,5,6). The van der Waals surface area contributed by atoms with E-state index in [1.807, 2.05) is 6.07 Å². The molecule has 0 atom stereocenters. The van der Waals surface area contributed by atoms with Gasteiger partial charge in [-0.2, -0.15) is 5.10 Å². The third-order valence-electron chi connectivity index (χ3n) is 4.48. The number of carboxylic acids is 1. The number of urea groups is 1. The van der Waals surface area contributed by atoms with Crippen LogP contribution in [0.1, 0.15) is 61.6 Å². The van der Waals surface area contributed by atoms with Crippen LogP contribution in [0.25, 0.3) is 10.9 Å². The van der Waals surface area contributed by atoms with Crippen LogP contribution in [0, 0.1) is 0 Å². The van der Waals surface area contributed by atoms with Crippen LogP contribution in [0.2, 0.25) is 0 Å². The lowest BCUT2D eigenvalue weighted by molar-refractivity contribution is 0.0697. The van der Waals surface area contributed by atoms with Crippen molar-refractivity contribution in [1.29, 1.82) is 0 Å². The van der Waals surface area contributed by atoms with Crippen molar-refractivity contribution in [1.82, 2.24) is 20.6 Å². The van der Waals surface area contributed by atoms with Crippen molar-refractivity contribution < 1.29 is 19.9 Å². The topological polar surface area (TPSA) is 116 Å². The molecular formula is C18H26N4O4. The van der Waals surface area contributed by atoms with Crippen LogP contribution in [0.15, 0.2) is 18.2 Å². The van der Waals surface area contributed by atoms with Gasteiger partial charge in [0, 0.05) is 11.9 Å². The van der Waals surface area contributed by atoms with Crippen molar-refractivity contribution in [3.8, 4) is 0 Å². The molecule has 0 aliphatic heterocycles. The van der Waals surface area contributed by atoms with E-state index in [1.165, 1.54) is 18.3 Å². The van der Waals surface area contributed by atoms with E-state index in [0.717, 1.165) is 35.9 Å². The highest BCUT2D eigenvalue weighted by molar-refractivity contribution is 5.94. The van der Waals surface area contributed by atoms with Crippen molar-refractivity contribution in [2.24, 2.45) is 0 Å². The number of carbonyl (C=O) groups excluding carboxylic acids is 1. The van der Waals surface area contributed by atoms with E-state index in [9.17, 15) is 9.59 Å². The van der Waals surface area contributed by atoms with Gasteiger partial charge in [-0.3, -0.25) is 9.89 Å². The number of aromatic nitrogens is 2. The summed E-state index contributed by atoms with van der Waals surface area (Å²) in [6, 6.07) is 5.21. The molecular weight excluding hydrogens is 336 g/mol. The number of rotatable bonds is 4. The number of hydrogen-bond acceptors (Lipinski definition) is 4. The Hall–Kier alpha value is -2.61. The minimum absolute atomic E-state index is 0.342. The second-order valence-corrected chi connectivity index (χ2v) is 6.19. The lowest BCUT2D eigenvalue weighted by Crippen LogP contribution is -2.32. The van der Waals surface area contributed by atoms with Gasteiger partial charge in [-0.15, -0.1) is 0 Å². The number of hydrogen-bond donors (Lipinski definition) is 4. The van der Waals surface area contributed by atoms with Crippen LogP contribution in [0.3, 0.4) is 0 Å². The number of aryl methyl sites for hydroxylation is 1. The van der Waals surface area contributed by atoms with Crippen LogP contribution in [-0.2, 0) is 6.42 Å². The van der Waals surface area contributed by atoms with Gasteiger partial charge in [0.2, 0.25) is 0 Å².